The molecular weight excluding hydrogens is 466 g/mol. The third-order valence-corrected chi connectivity index (χ3v) is 8.93. The highest BCUT2D eigenvalue weighted by Gasteiger charge is 2.49. The Bertz CT molecular complexity index is 1340. The van der Waals surface area contributed by atoms with Crippen LogP contribution in [0.3, 0.4) is 0 Å². The van der Waals surface area contributed by atoms with Gasteiger partial charge in [-0.15, -0.1) is 11.3 Å². The van der Waals surface area contributed by atoms with Gasteiger partial charge in [0.05, 0.1) is 28.8 Å². The van der Waals surface area contributed by atoms with E-state index in [-0.39, 0.29) is 4.90 Å². The zero-order valence-electron chi connectivity index (χ0n) is 18.4. The molecule has 4 rings (SSSR count). The molecule has 0 saturated heterocycles. The van der Waals surface area contributed by atoms with Crippen LogP contribution in [0.1, 0.15) is 29.9 Å². The Kier molecular flexibility index (Phi) is 5.81. The van der Waals surface area contributed by atoms with Crippen molar-refractivity contribution in [3.8, 4) is 16.5 Å². The average Bonchev–Trinajstić information content (AvgIpc) is 3.41. The fourth-order valence-corrected chi connectivity index (χ4v) is 7.14. The van der Waals surface area contributed by atoms with Crippen molar-refractivity contribution in [3.63, 3.8) is 0 Å². The minimum atomic E-state index is -4.20. The number of fused-ring (bicyclic) bond motifs is 1. The van der Waals surface area contributed by atoms with E-state index < -0.39 is 21.5 Å². The number of oxazole rings is 1. The molecule has 0 unspecified atom stereocenters. The number of nitrogens with zero attached hydrogens (tertiary/aromatic N) is 2. The van der Waals surface area contributed by atoms with Crippen LogP contribution in [0, 0.1) is 6.92 Å². The van der Waals surface area contributed by atoms with Crippen LogP contribution in [0.15, 0.2) is 52.1 Å². The molecule has 33 heavy (non-hydrogen) atoms. The Morgan fingerprint density at radius 2 is 2.06 bits per heavy atom. The first kappa shape index (κ1) is 23.0. The lowest BCUT2D eigenvalue weighted by Crippen LogP contribution is -2.60. The zero-order valence-corrected chi connectivity index (χ0v) is 20.1. The fraction of sp³-hybridized carbons (Fsp3) is 0.273. The lowest BCUT2D eigenvalue weighted by molar-refractivity contribution is -0.147. The Morgan fingerprint density at radius 1 is 1.33 bits per heavy atom. The van der Waals surface area contributed by atoms with Gasteiger partial charge in [-0.3, -0.25) is 4.79 Å². The topological polar surface area (TPSA) is 122 Å². The summed E-state index contributed by atoms with van der Waals surface area (Å²) in [5, 5.41) is 9.76. The number of allylic oxidation sites excluding steroid dienone is 1. The number of para-hydroxylation sites is 1. The molecule has 2 aromatic heterocycles. The average molecular weight is 490 g/mol. The Hall–Kier alpha value is -3.15. The van der Waals surface area contributed by atoms with E-state index in [4.69, 9.17) is 9.15 Å². The van der Waals surface area contributed by atoms with Crippen molar-refractivity contribution in [2.24, 2.45) is 0 Å². The first-order valence-corrected chi connectivity index (χ1v) is 12.3. The Morgan fingerprint density at radius 3 is 2.70 bits per heavy atom. The molecule has 1 aliphatic heterocycles. The Labute approximate surface area is 195 Å². The second-order valence-electron chi connectivity index (χ2n) is 7.93. The molecule has 3 heterocycles. The number of ether oxygens (including phenoxy) is 1. The fourth-order valence-electron chi connectivity index (χ4n) is 3.59. The molecule has 9 nitrogen and oxygen atoms in total. The molecule has 0 atom stereocenters. The summed E-state index contributed by atoms with van der Waals surface area (Å²) in [7, 11) is -2.62. The van der Waals surface area contributed by atoms with E-state index >= 15 is 0 Å². The lowest BCUT2D eigenvalue weighted by atomic mass is 10.1. The number of aromatic nitrogens is 1. The van der Waals surface area contributed by atoms with Crippen LogP contribution >= 0.6 is 11.3 Å². The maximum absolute atomic E-state index is 13.6. The second kappa shape index (κ2) is 8.32. The van der Waals surface area contributed by atoms with Crippen molar-refractivity contribution < 1.29 is 27.5 Å². The normalized spacial score (nSPS) is 16.9. The predicted molar refractivity (Wildman–Crippen MR) is 123 cm³/mol. The molecule has 11 heteroatoms. The molecule has 3 aromatic rings. The van der Waals surface area contributed by atoms with Gasteiger partial charge >= 0.3 is 5.97 Å². The monoisotopic (exact) mass is 489 g/mol. The van der Waals surface area contributed by atoms with E-state index in [1.54, 1.807) is 14.0 Å². The summed E-state index contributed by atoms with van der Waals surface area (Å²) in [5.41, 5.74) is 2.93. The molecule has 0 amide bonds. The van der Waals surface area contributed by atoms with Crippen LogP contribution < -0.4 is 10.2 Å². The number of carbonyl (C=O) groups is 1. The highest BCUT2D eigenvalue weighted by Crippen LogP contribution is 2.45. The van der Waals surface area contributed by atoms with Crippen molar-refractivity contribution >= 4 is 33.0 Å². The third kappa shape index (κ3) is 3.81. The maximum atomic E-state index is 13.6. The van der Waals surface area contributed by atoms with E-state index in [1.165, 1.54) is 37.6 Å². The van der Waals surface area contributed by atoms with Gasteiger partial charge in [0.2, 0.25) is 5.89 Å². The van der Waals surface area contributed by atoms with Crippen molar-refractivity contribution in [1.82, 2.24) is 14.8 Å². The van der Waals surface area contributed by atoms with Gasteiger partial charge in [-0.05, 0) is 44.4 Å². The predicted octanol–water partition coefficient (Wildman–Crippen LogP) is 3.68. The lowest BCUT2D eigenvalue weighted by Gasteiger charge is -2.38. The number of methoxy groups -OCH3 is 1. The van der Waals surface area contributed by atoms with Crippen LogP contribution in [0.25, 0.3) is 16.5 Å². The molecule has 2 N–H and O–H groups in total. The van der Waals surface area contributed by atoms with E-state index in [0.29, 0.717) is 39.1 Å². The molecule has 174 valence electrons. The number of benzene rings is 1. The smallest absolute Gasteiger partial charge is 0.326 e. The molecule has 0 bridgehead atoms. The molecule has 0 fully saturated rings. The SMILES string of the molecule is COc1ccccc1C/C=C1\NN(C(C)(C)C(=O)O)S(=O)(=O)c2c1sc(-c1ncco1)c2C. The van der Waals surface area contributed by atoms with Gasteiger partial charge in [-0.2, -0.15) is 0 Å². The van der Waals surface area contributed by atoms with Gasteiger partial charge in [-0.1, -0.05) is 28.7 Å². The van der Waals surface area contributed by atoms with Crippen LogP contribution in [-0.2, 0) is 21.2 Å². The van der Waals surface area contributed by atoms with Gasteiger partial charge in [0.25, 0.3) is 10.0 Å². The summed E-state index contributed by atoms with van der Waals surface area (Å²) in [6.07, 6.45) is 5.15. The number of thiophene rings is 1. The highest BCUT2D eigenvalue weighted by atomic mass is 32.2. The number of hydrazine groups is 1. The van der Waals surface area contributed by atoms with Crippen LogP contribution in [0.4, 0.5) is 0 Å². The number of carboxylic acid groups (broad SMARTS) is 1. The minimum Gasteiger partial charge on any atom is -0.496 e. The quantitative estimate of drug-likeness (QED) is 0.538. The first-order valence-electron chi connectivity index (χ1n) is 10.00. The van der Waals surface area contributed by atoms with E-state index in [9.17, 15) is 18.3 Å². The summed E-state index contributed by atoms with van der Waals surface area (Å²) in [6, 6.07) is 7.50. The molecule has 1 aliphatic rings. The van der Waals surface area contributed by atoms with E-state index in [1.807, 2.05) is 30.3 Å². The number of hydrogen-bond acceptors (Lipinski definition) is 8. The standard InChI is InChI=1S/C22H23N3O6S2/c1-13-17(20-23-11-12-31-20)32-18-15(10-9-14-7-5-6-8-16(14)30-4)24-25(22(2,3)21(26)27)33(28,29)19(13)18/h5-8,10-12,24H,9H2,1-4H3,(H,26,27)/b15-10-. The molecule has 1 aromatic carbocycles. The molecular formula is C22H23N3O6S2. The summed E-state index contributed by atoms with van der Waals surface area (Å²) in [4.78, 5) is 17.2. The van der Waals surface area contributed by atoms with Crippen molar-refractivity contribution in [2.45, 2.75) is 37.6 Å². The summed E-state index contributed by atoms with van der Waals surface area (Å²) in [5.74, 6) is -0.286. The van der Waals surface area contributed by atoms with E-state index in [0.717, 1.165) is 9.98 Å². The summed E-state index contributed by atoms with van der Waals surface area (Å²) >= 11 is 1.22. The van der Waals surface area contributed by atoms with Gasteiger partial charge in [0.1, 0.15) is 22.4 Å². The van der Waals surface area contributed by atoms with Crippen molar-refractivity contribution in [1.29, 1.82) is 0 Å². The summed E-state index contributed by atoms with van der Waals surface area (Å²) < 4.78 is 38.8. The largest absolute Gasteiger partial charge is 0.496 e. The van der Waals surface area contributed by atoms with Gasteiger partial charge in [0, 0.05) is 0 Å². The number of rotatable bonds is 6. The van der Waals surface area contributed by atoms with Crippen LogP contribution in [-0.4, -0.2) is 41.5 Å². The summed E-state index contributed by atoms with van der Waals surface area (Å²) in [6.45, 7) is 4.33. The van der Waals surface area contributed by atoms with Crippen molar-refractivity contribution in [2.75, 3.05) is 7.11 Å². The highest BCUT2D eigenvalue weighted by molar-refractivity contribution is 7.89. The van der Waals surface area contributed by atoms with Gasteiger partial charge in [-0.25, -0.2) is 13.4 Å². The van der Waals surface area contributed by atoms with E-state index in [2.05, 4.69) is 10.4 Å². The number of nitrogens with one attached hydrogen (secondary N) is 1. The molecule has 0 radical (unpaired) electrons. The molecule has 0 spiro atoms. The van der Waals surface area contributed by atoms with Crippen LogP contribution in [0.2, 0.25) is 0 Å². The number of sulfonamides is 1. The number of carboxylic acids is 1. The zero-order chi connectivity index (χ0) is 24.0. The molecule has 0 saturated carbocycles. The third-order valence-electron chi connectivity index (χ3n) is 5.43. The van der Waals surface area contributed by atoms with Gasteiger partial charge in [0.15, 0.2) is 0 Å². The Balaban J connectivity index is 1.90. The molecule has 0 aliphatic carbocycles. The van der Waals surface area contributed by atoms with Crippen molar-refractivity contribution in [3.05, 3.63) is 58.8 Å². The maximum Gasteiger partial charge on any atom is 0.326 e. The van der Waals surface area contributed by atoms with Gasteiger partial charge < -0.3 is 19.7 Å². The first-order chi connectivity index (χ1) is 15.6. The number of hydrogen-bond donors (Lipinski definition) is 2. The van der Waals surface area contributed by atoms with Crippen LogP contribution in [0.5, 0.6) is 5.75 Å². The number of aliphatic carboxylic acids is 1. The minimum absolute atomic E-state index is 0.0417. The second-order valence-corrected chi connectivity index (χ2v) is 10.7.